The molecule has 1 aromatic carbocycles. The van der Waals surface area contributed by atoms with Crippen LogP contribution in [-0.4, -0.2) is 4.92 Å². The molecule has 7 heteroatoms. The van der Waals surface area contributed by atoms with Crippen molar-refractivity contribution in [1.82, 2.24) is 0 Å². The van der Waals surface area contributed by atoms with E-state index in [9.17, 15) is 23.3 Å². The predicted molar refractivity (Wildman–Crippen MR) is 47.2 cm³/mol. The first-order chi connectivity index (χ1) is 6.79. The minimum Gasteiger partial charge on any atom is -0.264 e. The third-order valence-electron chi connectivity index (χ3n) is 1.60. The summed E-state index contributed by atoms with van der Waals surface area (Å²) in [6, 6.07) is 2.58. The fraction of sp³-hybridized carbons (Fsp3) is 0.250. The molecule has 1 rings (SSSR count). The minimum absolute atomic E-state index is 0.0696. The van der Waals surface area contributed by atoms with Gasteiger partial charge in [0, 0.05) is 15.5 Å². The summed E-state index contributed by atoms with van der Waals surface area (Å²) < 4.78 is 36.8. The van der Waals surface area contributed by atoms with E-state index in [1.807, 2.05) is 0 Å². The van der Waals surface area contributed by atoms with Crippen LogP contribution in [0.4, 0.5) is 13.2 Å². The second-order valence-corrected chi connectivity index (χ2v) is 3.27. The molecule has 0 aliphatic carbocycles. The molecule has 0 aliphatic heterocycles. The molecule has 0 atom stereocenters. The van der Waals surface area contributed by atoms with Gasteiger partial charge in [-0.2, -0.15) is 13.2 Å². The molecule has 0 aliphatic rings. The number of hydrogen-bond acceptors (Lipinski definition) is 2. The summed E-state index contributed by atoms with van der Waals surface area (Å²) in [4.78, 5) is 9.41. The molecule has 0 bridgehead atoms. The average Bonchev–Trinajstić information content (AvgIpc) is 1.99. The van der Waals surface area contributed by atoms with Crippen LogP contribution in [0, 0.1) is 10.1 Å². The van der Waals surface area contributed by atoms with Gasteiger partial charge in [0.2, 0.25) is 6.54 Å². The molecular weight excluding hydrogens is 235 g/mol. The first-order valence-corrected chi connectivity index (χ1v) is 4.15. The van der Waals surface area contributed by atoms with Gasteiger partial charge in [-0.05, 0) is 18.2 Å². The Bertz CT molecular complexity index is 392. The van der Waals surface area contributed by atoms with Crippen LogP contribution >= 0.6 is 11.6 Å². The molecule has 0 aromatic heterocycles. The molecule has 0 radical (unpaired) electrons. The highest BCUT2D eigenvalue weighted by molar-refractivity contribution is 6.30. The van der Waals surface area contributed by atoms with Gasteiger partial charge in [0.25, 0.3) is 0 Å². The van der Waals surface area contributed by atoms with E-state index in [0.29, 0.717) is 6.07 Å². The van der Waals surface area contributed by atoms with Gasteiger partial charge in [-0.15, -0.1) is 0 Å². The van der Waals surface area contributed by atoms with Crippen LogP contribution in [0.15, 0.2) is 18.2 Å². The Labute approximate surface area is 87.6 Å². The molecule has 3 nitrogen and oxygen atoms in total. The van der Waals surface area contributed by atoms with E-state index in [2.05, 4.69) is 0 Å². The van der Waals surface area contributed by atoms with Gasteiger partial charge in [0.15, 0.2) is 0 Å². The first kappa shape index (κ1) is 11.8. The Kier molecular flexibility index (Phi) is 3.18. The summed E-state index contributed by atoms with van der Waals surface area (Å²) >= 11 is 5.42. The first-order valence-electron chi connectivity index (χ1n) is 3.77. The van der Waals surface area contributed by atoms with E-state index < -0.39 is 23.2 Å². The molecule has 0 fully saturated rings. The third-order valence-corrected chi connectivity index (χ3v) is 1.81. The zero-order valence-electron chi connectivity index (χ0n) is 7.21. The molecule has 1 aromatic rings. The number of nitro groups is 1. The van der Waals surface area contributed by atoms with E-state index in [4.69, 9.17) is 11.6 Å². The molecule has 82 valence electrons. The molecule has 0 spiro atoms. The molecule has 0 saturated carbocycles. The van der Waals surface area contributed by atoms with Crippen LogP contribution in [-0.2, 0) is 12.7 Å². The van der Waals surface area contributed by atoms with Gasteiger partial charge in [0.1, 0.15) is 0 Å². The highest BCUT2D eigenvalue weighted by Gasteiger charge is 2.31. The van der Waals surface area contributed by atoms with Crippen LogP contribution in [0.25, 0.3) is 0 Å². The minimum atomic E-state index is -4.55. The van der Waals surface area contributed by atoms with E-state index >= 15 is 0 Å². The van der Waals surface area contributed by atoms with Crippen LogP contribution in [0.2, 0.25) is 5.02 Å². The van der Waals surface area contributed by atoms with Crippen molar-refractivity contribution in [3.05, 3.63) is 44.5 Å². The van der Waals surface area contributed by atoms with Gasteiger partial charge in [0.05, 0.1) is 5.56 Å². The lowest BCUT2D eigenvalue weighted by Gasteiger charge is -2.07. The summed E-state index contributed by atoms with van der Waals surface area (Å²) in [6.07, 6.45) is -4.55. The number of rotatable bonds is 2. The molecule has 0 N–H and O–H groups in total. The number of nitrogens with zero attached hydrogens (tertiary/aromatic N) is 1. The van der Waals surface area contributed by atoms with E-state index in [1.165, 1.54) is 0 Å². The monoisotopic (exact) mass is 239 g/mol. The van der Waals surface area contributed by atoms with Gasteiger partial charge in [-0.3, -0.25) is 10.1 Å². The van der Waals surface area contributed by atoms with E-state index in [0.717, 1.165) is 12.1 Å². The zero-order valence-corrected chi connectivity index (χ0v) is 7.97. The Hall–Kier alpha value is -1.30. The maximum absolute atomic E-state index is 12.3. The van der Waals surface area contributed by atoms with Crippen LogP contribution < -0.4 is 0 Å². The van der Waals surface area contributed by atoms with Crippen molar-refractivity contribution >= 4 is 11.6 Å². The van der Waals surface area contributed by atoms with E-state index in [-0.39, 0.29) is 10.6 Å². The Morgan fingerprint density at radius 3 is 2.40 bits per heavy atom. The summed E-state index contributed by atoms with van der Waals surface area (Å²) in [5, 5.41) is 9.96. The van der Waals surface area contributed by atoms with Crippen LogP contribution in [0.5, 0.6) is 0 Å². The fourth-order valence-electron chi connectivity index (χ4n) is 1.05. The van der Waals surface area contributed by atoms with Gasteiger partial charge in [-0.1, -0.05) is 11.6 Å². The molecule has 0 unspecified atom stereocenters. The second-order valence-electron chi connectivity index (χ2n) is 2.84. The highest BCUT2D eigenvalue weighted by Crippen LogP contribution is 2.31. The lowest BCUT2D eigenvalue weighted by Crippen LogP contribution is -2.07. The maximum Gasteiger partial charge on any atom is 0.416 e. The normalized spacial score (nSPS) is 11.5. The predicted octanol–water partition coefficient (Wildman–Crippen LogP) is 3.14. The van der Waals surface area contributed by atoms with Crippen molar-refractivity contribution in [2.75, 3.05) is 0 Å². The lowest BCUT2D eigenvalue weighted by molar-refractivity contribution is -0.496. The molecule has 0 saturated heterocycles. The topological polar surface area (TPSA) is 43.1 Å². The largest absolute Gasteiger partial charge is 0.416 e. The standard InChI is InChI=1S/C8H5ClF3NO2/c9-7-2-5(4-13(14)15)1-6(3-7)8(10,11)12/h1-3H,4H2. The number of benzene rings is 1. The van der Waals surface area contributed by atoms with Gasteiger partial charge < -0.3 is 0 Å². The lowest BCUT2D eigenvalue weighted by atomic mass is 10.1. The summed E-state index contributed by atoms with van der Waals surface area (Å²) in [7, 11) is 0. The number of alkyl halides is 3. The van der Waals surface area contributed by atoms with Crippen molar-refractivity contribution in [2.24, 2.45) is 0 Å². The van der Waals surface area contributed by atoms with Gasteiger partial charge >= 0.3 is 6.18 Å². The molecule has 0 amide bonds. The number of halogens is 4. The average molecular weight is 240 g/mol. The van der Waals surface area contributed by atoms with Crippen molar-refractivity contribution in [3.63, 3.8) is 0 Å². The SMILES string of the molecule is O=[N+]([O-])Cc1cc(Cl)cc(C(F)(F)F)c1. The summed E-state index contributed by atoms with van der Waals surface area (Å²) in [6.45, 7) is -0.677. The quantitative estimate of drug-likeness (QED) is 0.588. The van der Waals surface area contributed by atoms with Crippen LogP contribution in [0.1, 0.15) is 11.1 Å². The van der Waals surface area contributed by atoms with Crippen molar-refractivity contribution in [3.8, 4) is 0 Å². The Morgan fingerprint density at radius 2 is 1.93 bits per heavy atom. The van der Waals surface area contributed by atoms with Crippen molar-refractivity contribution < 1.29 is 18.1 Å². The fourth-order valence-corrected chi connectivity index (χ4v) is 1.31. The smallest absolute Gasteiger partial charge is 0.264 e. The zero-order chi connectivity index (χ0) is 11.6. The molecular formula is C8H5ClF3NO2. The van der Waals surface area contributed by atoms with Crippen LogP contribution in [0.3, 0.4) is 0 Å². The van der Waals surface area contributed by atoms with Crippen molar-refractivity contribution in [1.29, 1.82) is 0 Å². The van der Waals surface area contributed by atoms with Gasteiger partial charge in [-0.25, -0.2) is 0 Å². The molecule has 15 heavy (non-hydrogen) atoms. The maximum atomic E-state index is 12.3. The molecule has 0 heterocycles. The second kappa shape index (κ2) is 4.06. The Balaban J connectivity index is 3.11. The van der Waals surface area contributed by atoms with E-state index in [1.54, 1.807) is 0 Å². The number of hydrogen-bond donors (Lipinski definition) is 0. The highest BCUT2D eigenvalue weighted by atomic mass is 35.5. The summed E-state index contributed by atoms with van der Waals surface area (Å²) in [5.74, 6) is 0. The van der Waals surface area contributed by atoms with Crippen molar-refractivity contribution in [2.45, 2.75) is 12.7 Å². The Morgan fingerprint density at radius 1 is 1.33 bits per heavy atom. The summed E-state index contributed by atoms with van der Waals surface area (Å²) in [5.41, 5.74) is -1.05. The third kappa shape index (κ3) is 3.39.